The van der Waals surface area contributed by atoms with Crippen molar-refractivity contribution in [3.05, 3.63) is 72.2 Å². The van der Waals surface area contributed by atoms with Gasteiger partial charge in [0.05, 0.1) is 23.2 Å². The number of imidazole rings is 1. The summed E-state index contributed by atoms with van der Waals surface area (Å²) in [5, 5.41) is 22.4. The molecule has 0 amide bonds. The van der Waals surface area contributed by atoms with E-state index in [-0.39, 0.29) is 5.82 Å². The highest BCUT2D eigenvalue weighted by Crippen LogP contribution is 2.32. The molecular formula is C26H26FN5OS2. The molecule has 9 heteroatoms. The normalized spacial score (nSPS) is 13.7. The van der Waals surface area contributed by atoms with Crippen LogP contribution in [0.2, 0.25) is 0 Å². The SMILES string of the molecule is CC(C)(O)CNc1cc(Sc2cccc(F)c2)nn2c(-c3ccc(C(=S)NC4CC4)cc3)cnc12. The second-order valence-electron chi connectivity index (χ2n) is 9.33. The summed E-state index contributed by atoms with van der Waals surface area (Å²) in [5.74, 6) is -0.297. The third kappa shape index (κ3) is 5.80. The molecule has 1 saturated carbocycles. The number of nitrogens with zero attached hydrogens (tertiary/aromatic N) is 3. The van der Waals surface area contributed by atoms with Gasteiger partial charge < -0.3 is 15.7 Å². The molecule has 5 rings (SSSR count). The summed E-state index contributed by atoms with van der Waals surface area (Å²) in [6.07, 6.45) is 4.13. The molecule has 2 aromatic heterocycles. The molecule has 1 aliphatic rings. The second kappa shape index (κ2) is 9.56. The van der Waals surface area contributed by atoms with Crippen LogP contribution in [0.5, 0.6) is 0 Å². The number of thiocarbonyl (C=S) groups is 1. The van der Waals surface area contributed by atoms with Gasteiger partial charge in [-0.2, -0.15) is 5.10 Å². The number of hydrogen-bond acceptors (Lipinski definition) is 6. The van der Waals surface area contributed by atoms with Gasteiger partial charge in [0.15, 0.2) is 5.65 Å². The van der Waals surface area contributed by atoms with Crippen LogP contribution in [-0.2, 0) is 0 Å². The fourth-order valence-electron chi connectivity index (χ4n) is 3.57. The van der Waals surface area contributed by atoms with Crippen LogP contribution in [0.1, 0.15) is 32.3 Å². The topological polar surface area (TPSA) is 74.5 Å². The predicted molar refractivity (Wildman–Crippen MR) is 142 cm³/mol. The lowest BCUT2D eigenvalue weighted by Crippen LogP contribution is -2.29. The van der Waals surface area contributed by atoms with E-state index in [0.29, 0.717) is 23.3 Å². The first-order chi connectivity index (χ1) is 16.7. The van der Waals surface area contributed by atoms with E-state index in [1.54, 1.807) is 30.6 Å². The van der Waals surface area contributed by atoms with Gasteiger partial charge in [-0.05, 0) is 51.0 Å². The standard InChI is InChI=1S/C26H26FN5OS2/c1-26(2,33)15-29-21-13-23(35-20-5-3-4-18(27)12-20)31-32-22(14-28-24(21)32)16-6-8-17(9-7-16)25(34)30-19-10-11-19/h3-9,12-14,19,29,33H,10-11,15H2,1-2H3,(H,30,34). The molecule has 4 aromatic rings. The number of anilines is 1. The van der Waals surface area contributed by atoms with Crippen molar-refractivity contribution in [2.24, 2.45) is 0 Å². The maximum atomic E-state index is 13.7. The van der Waals surface area contributed by atoms with Gasteiger partial charge in [-0.25, -0.2) is 13.9 Å². The largest absolute Gasteiger partial charge is 0.389 e. The van der Waals surface area contributed by atoms with Gasteiger partial charge >= 0.3 is 0 Å². The van der Waals surface area contributed by atoms with Crippen molar-refractivity contribution in [1.29, 1.82) is 0 Å². The minimum atomic E-state index is -0.908. The lowest BCUT2D eigenvalue weighted by atomic mass is 10.1. The molecule has 35 heavy (non-hydrogen) atoms. The van der Waals surface area contributed by atoms with Crippen molar-refractivity contribution < 1.29 is 9.50 Å². The first kappa shape index (κ1) is 23.7. The third-order valence-corrected chi connectivity index (χ3v) is 6.78. The van der Waals surface area contributed by atoms with Crippen LogP contribution >= 0.6 is 24.0 Å². The fraction of sp³-hybridized carbons (Fsp3) is 0.269. The zero-order valence-electron chi connectivity index (χ0n) is 19.5. The Morgan fingerprint density at radius 2 is 1.97 bits per heavy atom. The van der Waals surface area contributed by atoms with Gasteiger partial charge in [0.25, 0.3) is 0 Å². The Bertz CT molecular complexity index is 1380. The smallest absolute Gasteiger partial charge is 0.177 e. The lowest BCUT2D eigenvalue weighted by molar-refractivity contribution is 0.0945. The highest BCUT2D eigenvalue weighted by atomic mass is 32.2. The van der Waals surface area contributed by atoms with E-state index in [0.717, 1.165) is 32.4 Å². The maximum absolute atomic E-state index is 13.7. The summed E-state index contributed by atoms with van der Waals surface area (Å²) in [6, 6.07) is 16.8. The fourth-order valence-corrected chi connectivity index (χ4v) is 4.74. The van der Waals surface area contributed by atoms with E-state index in [2.05, 4.69) is 15.6 Å². The number of nitrogens with one attached hydrogen (secondary N) is 2. The van der Waals surface area contributed by atoms with E-state index < -0.39 is 5.60 Å². The molecule has 180 valence electrons. The second-order valence-corrected chi connectivity index (χ2v) is 10.8. The number of rotatable bonds is 8. The summed E-state index contributed by atoms with van der Waals surface area (Å²) >= 11 is 6.88. The number of aromatic nitrogens is 3. The minimum absolute atomic E-state index is 0.297. The molecule has 2 heterocycles. The highest BCUT2D eigenvalue weighted by molar-refractivity contribution is 7.99. The Morgan fingerprint density at radius 3 is 2.66 bits per heavy atom. The van der Waals surface area contributed by atoms with Gasteiger partial charge in [-0.15, -0.1) is 0 Å². The van der Waals surface area contributed by atoms with Crippen molar-refractivity contribution in [2.75, 3.05) is 11.9 Å². The molecule has 3 N–H and O–H groups in total. The van der Waals surface area contributed by atoms with Crippen molar-refractivity contribution in [1.82, 2.24) is 19.9 Å². The van der Waals surface area contributed by atoms with E-state index >= 15 is 0 Å². The predicted octanol–water partition coefficient (Wildman–Crippen LogP) is 5.30. The molecule has 0 unspecified atom stereocenters. The van der Waals surface area contributed by atoms with Gasteiger partial charge in [0.1, 0.15) is 15.8 Å². The Labute approximate surface area is 213 Å². The quantitative estimate of drug-likeness (QED) is 0.280. The zero-order valence-corrected chi connectivity index (χ0v) is 21.1. The molecule has 6 nitrogen and oxygen atoms in total. The Kier molecular flexibility index (Phi) is 6.48. The molecule has 0 saturated heterocycles. The highest BCUT2D eigenvalue weighted by Gasteiger charge is 2.22. The van der Waals surface area contributed by atoms with Gasteiger partial charge in [0.2, 0.25) is 0 Å². The Balaban J connectivity index is 1.51. The molecule has 1 fully saturated rings. The summed E-state index contributed by atoms with van der Waals surface area (Å²) in [4.78, 5) is 6.12. The molecule has 0 aliphatic heterocycles. The number of benzene rings is 2. The van der Waals surface area contributed by atoms with E-state index in [1.807, 2.05) is 36.4 Å². The van der Waals surface area contributed by atoms with Crippen LogP contribution in [0.4, 0.5) is 10.1 Å². The molecule has 2 aromatic carbocycles. The van der Waals surface area contributed by atoms with Gasteiger partial charge in [-0.3, -0.25) is 0 Å². The van der Waals surface area contributed by atoms with Crippen molar-refractivity contribution in [2.45, 2.75) is 48.3 Å². The first-order valence-electron chi connectivity index (χ1n) is 11.4. The van der Waals surface area contributed by atoms with Crippen LogP contribution in [0.3, 0.4) is 0 Å². The summed E-state index contributed by atoms with van der Waals surface area (Å²) in [7, 11) is 0. The zero-order chi connectivity index (χ0) is 24.6. The van der Waals surface area contributed by atoms with Crippen LogP contribution in [0, 0.1) is 5.82 Å². The van der Waals surface area contributed by atoms with E-state index in [4.69, 9.17) is 17.3 Å². The van der Waals surface area contributed by atoms with Crippen molar-refractivity contribution >= 4 is 40.3 Å². The number of fused-ring (bicyclic) bond motifs is 1. The lowest BCUT2D eigenvalue weighted by Gasteiger charge is -2.19. The molecule has 0 spiro atoms. The third-order valence-electron chi connectivity index (χ3n) is 5.53. The van der Waals surface area contributed by atoms with Crippen LogP contribution in [-0.4, -0.2) is 42.9 Å². The number of hydrogen-bond donors (Lipinski definition) is 3. The summed E-state index contributed by atoms with van der Waals surface area (Å²) < 4.78 is 15.5. The van der Waals surface area contributed by atoms with E-state index in [1.165, 1.54) is 36.7 Å². The van der Waals surface area contributed by atoms with Gasteiger partial charge in [0, 0.05) is 28.6 Å². The monoisotopic (exact) mass is 507 g/mol. The average molecular weight is 508 g/mol. The Morgan fingerprint density at radius 1 is 1.20 bits per heavy atom. The molecule has 1 aliphatic carbocycles. The summed E-state index contributed by atoms with van der Waals surface area (Å²) in [5.41, 5.74) is 3.22. The van der Waals surface area contributed by atoms with Crippen LogP contribution < -0.4 is 10.6 Å². The summed E-state index contributed by atoms with van der Waals surface area (Å²) in [6.45, 7) is 3.81. The maximum Gasteiger partial charge on any atom is 0.177 e. The Hall–Kier alpha value is -3.01. The number of halogens is 1. The molecule has 0 radical (unpaired) electrons. The molecule has 0 atom stereocenters. The first-order valence-corrected chi connectivity index (χ1v) is 12.7. The average Bonchev–Trinajstić information content (AvgIpc) is 3.52. The van der Waals surface area contributed by atoms with Gasteiger partial charge in [-0.1, -0.05) is 54.3 Å². The van der Waals surface area contributed by atoms with E-state index in [9.17, 15) is 9.50 Å². The van der Waals surface area contributed by atoms with Crippen molar-refractivity contribution in [3.8, 4) is 11.3 Å². The number of aliphatic hydroxyl groups is 1. The minimum Gasteiger partial charge on any atom is -0.389 e. The molecule has 0 bridgehead atoms. The van der Waals surface area contributed by atoms with Crippen LogP contribution in [0.25, 0.3) is 16.9 Å². The molecular weight excluding hydrogens is 481 g/mol. The van der Waals surface area contributed by atoms with Crippen molar-refractivity contribution in [3.63, 3.8) is 0 Å². The van der Waals surface area contributed by atoms with Crippen LogP contribution in [0.15, 0.2) is 70.7 Å².